The second-order valence-corrected chi connectivity index (χ2v) is 4.86. The lowest BCUT2D eigenvalue weighted by Gasteiger charge is -2.23. The minimum atomic E-state index is 0.441. The topological polar surface area (TPSA) is 48.0 Å². The molecule has 3 N–H and O–H groups in total. The molecule has 3 nitrogen and oxygen atoms in total. The number of hydrogen-bond acceptors (Lipinski definition) is 2. The van der Waals surface area contributed by atoms with Crippen LogP contribution in [0.5, 0.6) is 5.75 Å². The summed E-state index contributed by atoms with van der Waals surface area (Å²) in [6.07, 6.45) is 6.58. The molecule has 2 aromatic rings. The lowest BCUT2D eigenvalue weighted by Crippen LogP contribution is -2.35. The summed E-state index contributed by atoms with van der Waals surface area (Å²) in [6.45, 7) is 1.11. The summed E-state index contributed by atoms with van der Waals surface area (Å²) in [7, 11) is 0. The number of nitrogens with one attached hydrogen (secondary N) is 2. The third-order valence-electron chi connectivity index (χ3n) is 3.67. The number of hydrogen-bond donors (Lipinski definition) is 3. The van der Waals surface area contributed by atoms with Gasteiger partial charge in [0.15, 0.2) is 0 Å². The van der Waals surface area contributed by atoms with Crippen molar-refractivity contribution in [2.45, 2.75) is 31.7 Å². The Morgan fingerprint density at radius 1 is 1.24 bits per heavy atom. The van der Waals surface area contributed by atoms with Crippen molar-refractivity contribution in [3.8, 4) is 5.75 Å². The van der Waals surface area contributed by atoms with E-state index < -0.39 is 0 Å². The van der Waals surface area contributed by atoms with Gasteiger partial charge in [0.2, 0.25) is 0 Å². The number of piperidine rings is 1. The molecule has 0 saturated carbocycles. The van der Waals surface area contributed by atoms with Crippen molar-refractivity contribution in [2.24, 2.45) is 0 Å². The highest BCUT2D eigenvalue weighted by atomic mass is 16.3. The first kappa shape index (κ1) is 10.7. The molecule has 17 heavy (non-hydrogen) atoms. The number of aromatic nitrogens is 1. The van der Waals surface area contributed by atoms with Crippen molar-refractivity contribution >= 4 is 10.9 Å². The SMILES string of the molecule is Oc1c(CC2CCCCN2)ccc2[nH]ccc12. The van der Waals surface area contributed by atoms with Crippen LogP contribution in [0.15, 0.2) is 24.4 Å². The first-order valence-electron chi connectivity index (χ1n) is 6.36. The smallest absolute Gasteiger partial charge is 0.128 e. The first-order valence-corrected chi connectivity index (χ1v) is 6.36. The highest BCUT2D eigenvalue weighted by molar-refractivity contribution is 5.86. The number of rotatable bonds is 2. The third-order valence-corrected chi connectivity index (χ3v) is 3.67. The zero-order valence-corrected chi connectivity index (χ0v) is 9.87. The van der Waals surface area contributed by atoms with Gasteiger partial charge in [-0.1, -0.05) is 12.5 Å². The Kier molecular flexibility index (Phi) is 2.77. The molecule has 2 heterocycles. The van der Waals surface area contributed by atoms with E-state index in [4.69, 9.17) is 0 Å². The van der Waals surface area contributed by atoms with Crippen LogP contribution < -0.4 is 5.32 Å². The summed E-state index contributed by atoms with van der Waals surface area (Å²) in [5.41, 5.74) is 2.05. The third kappa shape index (κ3) is 2.03. The number of benzene rings is 1. The van der Waals surface area contributed by atoms with Crippen molar-refractivity contribution in [1.82, 2.24) is 10.3 Å². The molecule has 1 aliphatic heterocycles. The molecule has 1 atom stereocenters. The fraction of sp³-hybridized carbons (Fsp3) is 0.429. The maximum atomic E-state index is 10.2. The zero-order valence-electron chi connectivity index (χ0n) is 9.87. The highest BCUT2D eigenvalue weighted by Crippen LogP contribution is 2.29. The van der Waals surface area contributed by atoms with Gasteiger partial charge in [-0.2, -0.15) is 0 Å². The molecule has 3 rings (SSSR count). The van der Waals surface area contributed by atoms with Crippen molar-refractivity contribution in [3.63, 3.8) is 0 Å². The Hall–Kier alpha value is -1.48. The lowest BCUT2D eigenvalue weighted by atomic mass is 9.96. The monoisotopic (exact) mass is 230 g/mol. The summed E-state index contributed by atoms with van der Waals surface area (Å²) >= 11 is 0. The fourth-order valence-corrected chi connectivity index (χ4v) is 2.69. The van der Waals surface area contributed by atoms with E-state index in [1.807, 2.05) is 24.4 Å². The molecular weight excluding hydrogens is 212 g/mol. The normalized spacial score (nSPS) is 20.8. The van der Waals surface area contributed by atoms with Crippen LogP contribution in [0, 0.1) is 0 Å². The Labute approximate surface area is 101 Å². The number of fused-ring (bicyclic) bond motifs is 1. The molecule has 0 spiro atoms. The van der Waals surface area contributed by atoms with E-state index >= 15 is 0 Å². The summed E-state index contributed by atoms with van der Waals surface area (Å²) in [5, 5.41) is 14.7. The van der Waals surface area contributed by atoms with E-state index in [1.54, 1.807) is 0 Å². The van der Waals surface area contributed by atoms with E-state index in [-0.39, 0.29) is 0 Å². The Morgan fingerprint density at radius 2 is 2.18 bits per heavy atom. The Balaban J connectivity index is 1.86. The van der Waals surface area contributed by atoms with Crippen molar-refractivity contribution < 1.29 is 5.11 Å². The van der Waals surface area contributed by atoms with Gasteiger partial charge in [-0.05, 0) is 43.5 Å². The van der Waals surface area contributed by atoms with Crippen molar-refractivity contribution in [2.75, 3.05) is 6.54 Å². The molecule has 1 saturated heterocycles. The van der Waals surface area contributed by atoms with Crippen LogP contribution in [0.2, 0.25) is 0 Å². The average molecular weight is 230 g/mol. The number of H-pyrrole nitrogens is 1. The predicted octanol–water partition coefficient (Wildman–Crippen LogP) is 2.56. The number of phenolic OH excluding ortho intramolecular Hbond substituents is 1. The van der Waals surface area contributed by atoms with E-state index in [0.29, 0.717) is 11.8 Å². The number of aromatic amines is 1. The Bertz CT molecular complexity index is 512. The standard InChI is InChI=1S/C14H18N2O/c17-14-10(9-11-3-1-2-7-15-11)4-5-13-12(14)6-8-16-13/h4-6,8,11,15-17H,1-3,7,9H2. The van der Waals surface area contributed by atoms with E-state index in [1.165, 1.54) is 19.3 Å². The minimum Gasteiger partial charge on any atom is -0.507 e. The van der Waals surface area contributed by atoms with Gasteiger partial charge >= 0.3 is 0 Å². The minimum absolute atomic E-state index is 0.441. The first-order chi connectivity index (χ1) is 8.34. The fourth-order valence-electron chi connectivity index (χ4n) is 2.69. The molecule has 0 aliphatic carbocycles. The second-order valence-electron chi connectivity index (χ2n) is 4.86. The van der Waals surface area contributed by atoms with Gasteiger partial charge in [0, 0.05) is 23.1 Å². The molecule has 1 fully saturated rings. The maximum absolute atomic E-state index is 10.2. The Morgan fingerprint density at radius 3 is 3.00 bits per heavy atom. The molecule has 0 amide bonds. The van der Waals surface area contributed by atoms with Crippen molar-refractivity contribution in [3.05, 3.63) is 30.0 Å². The molecule has 90 valence electrons. The van der Waals surface area contributed by atoms with Gasteiger partial charge < -0.3 is 15.4 Å². The van der Waals surface area contributed by atoms with Crippen LogP contribution in [0.25, 0.3) is 10.9 Å². The predicted molar refractivity (Wildman–Crippen MR) is 69.3 cm³/mol. The van der Waals surface area contributed by atoms with Crippen LogP contribution in [0.1, 0.15) is 24.8 Å². The average Bonchev–Trinajstić information content (AvgIpc) is 2.83. The van der Waals surface area contributed by atoms with E-state index in [2.05, 4.69) is 10.3 Å². The molecule has 1 aromatic carbocycles. The van der Waals surface area contributed by atoms with Crippen LogP contribution >= 0.6 is 0 Å². The van der Waals surface area contributed by atoms with Crippen LogP contribution in [0.3, 0.4) is 0 Å². The summed E-state index contributed by atoms with van der Waals surface area (Å²) < 4.78 is 0. The van der Waals surface area contributed by atoms with Gasteiger partial charge in [0.25, 0.3) is 0 Å². The van der Waals surface area contributed by atoms with E-state index in [9.17, 15) is 5.11 Å². The van der Waals surface area contributed by atoms with Crippen LogP contribution in [0.4, 0.5) is 0 Å². The van der Waals surface area contributed by atoms with Gasteiger partial charge in [0.1, 0.15) is 5.75 Å². The molecule has 0 radical (unpaired) electrons. The summed E-state index contributed by atoms with van der Waals surface area (Å²) in [6, 6.07) is 6.53. The largest absolute Gasteiger partial charge is 0.507 e. The molecule has 1 aliphatic rings. The summed E-state index contributed by atoms with van der Waals surface area (Å²) in [5.74, 6) is 0.441. The molecule has 3 heteroatoms. The van der Waals surface area contributed by atoms with Crippen LogP contribution in [-0.4, -0.2) is 22.7 Å². The van der Waals surface area contributed by atoms with Gasteiger partial charge in [-0.15, -0.1) is 0 Å². The lowest BCUT2D eigenvalue weighted by molar-refractivity contribution is 0.392. The number of aromatic hydroxyl groups is 1. The molecular formula is C14H18N2O. The highest BCUT2D eigenvalue weighted by Gasteiger charge is 2.15. The molecule has 1 unspecified atom stereocenters. The van der Waals surface area contributed by atoms with Gasteiger partial charge in [-0.25, -0.2) is 0 Å². The zero-order chi connectivity index (χ0) is 11.7. The summed E-state index contributed by atoms with van der Waals surface area (Å²) in [4.78, 5) is 3.12. The van der Waals surface area contributed by atoms with Gasteiger partial charge in [-0.3, -0.25) is 0 Å². The quantitative estimate of drug-likeness (QED) is 0.742. The maximum Gasteiger partial charge on any atom is 0.128 e. The van der Waals surface area contributed by atoms with Gasteiger partial charge in [0.05, 0.1) is 0 Å². The van der Waals surface area contributed by atoms with Crippen LogP contribution in [-0.2, 0) is 6.42 Å². The second kappa shape index (κ2) is 4.41. The van der Waals surface area contributed by atoms with Crippen molar-refractivity contribution in [1.29, 1.82) is 0 Å². The van der Waals surface area contributed by atoms with E-state index in [0.717, 1.165) is 29.4 Å². The molecule has 1 aromatic heterocycles. The molecule has 0 bridgehead atoms. The number of phenols is 1.